The van der Waals surface area contributed by atoms with Crippen LogP contribution in [0.5, 0.6) is 0 Å². The molecule has 0 aliphatic heterocycles. The van der Waals surface area contributed by atoms with Crippen LogP contribution in [-0.2, 0) is 11.2 Å². The van der Waals surface area contributed by atoms with Crippen molar-refractivity contribution in [2.75, 3.05) is 5.32 Å². The molecule has 110 valence electrons. The van der Waals surface area contributed by atoms with Crippen LogP contribution in [0.1, 0.15) is 11.3 Å². The number of amides is 1. The molecule has 2 N–H and O–H groups in total. The van der Waals surface area contributed by atoms with E-state index in [1.807, 2.05) is 25.1 Å². The number of rotatable bonds is 3. The molecule has 0 radical (unpaired) electrons. The van der Waals surface area contributed by atoms with Gasteiger partial charge in [-0.3, -0.25) is 9.59 Å². The summed E-state index contributed by atoms with van der Waals surface area (Å²) in [6.45, 7) is 1.87. The number of carbonyl (C=O) groups is 1. The molecule has 2 aromatic heterocycles. The van der Waals surface area contributed by atoms with Crippen LogP contribution in [0, 0.1) is 6.92 Å². The highest BCUT2D eigenvalue weighted by molar-refractivity contribution is 5.95. The number of carbonyl (C=O) groups excluding carboxylic acids is 1. The standard InChI is InChI=1S/C16H14N4O2/c1-10-5-4-8-17-15(10)18-14(21)9-13-11-6-2-3-7-12(11)16(22)20-19-13/h2-8H,9H2,1H3,(H,20,22)(H,17,18,21). The lowest BCUT2D eigenvalue weighted by Gasteiger charge is -2.07. The van der Waals surface area contributed by atoms with Gasteiger partial charge in [0.1, 0.15) is 5.82 Å². The maximum atomic E-state index is 12.2. The Hall–Kier alpha value is -3.02. The van der Waals surface area contributed by atoms with Crippen LogP contribution < -0.4 is 10.9 Å². The molecule has 0 aliphatic rings. The van der Waals surface area contributed by atoms with Crippen LogP contribution in [-0.4, -0.2) is 21.1 Å². The van der Waals surface area contributed by atoms with E-state index in [0.717, 1.165) is 5.56 Å². The van der Waals surface area contributed by atoms with Gasteiger partial charge in [0.15, 0.2) is 0 Å². The van der Waals surface area contributed by atoms with Crippen molar-refractivity contribution < 1.29 is 4.79 Å². The molecule has 0 fully saturated rings. The minimum Gasteiger partial charge on any atom is -0.310 e. The molecule has 0 atom stereocenters. The lowest BCUT2D eigenvalue weighted by molar-refractivity contribution is -0.115. The zero-order valence-electron chi connectivity index (χ0n) is 12.0. The number of aryl methyl sites for hydroxylation is 1. The summed E-state index contributed by atoms with van der Waals surface area (Å²) in [5.41, 5.74) is 1.15. The summed E-state index contributed by atoms with van der Waals surface area (Å²) < 4.78 is 0. The number of H-pyrrole nitrogens is 1. The average molecular weight is 294 g/mol. The first-order chi connectivity index (χ1) is 10.6. The third-order valence-electron chi connectivity index (χ3n) is 3.37. The highest BCUT2D eigenvalue weighted by Crippen LogP contribution is 2.14. The van der Waals surface area contributed by atoms with Gasteiger partial charge in [-0.15, -0.1) is 0 Å². The summed E-state index contributed by atoms with van der Waals surface area (Å²) in [7, 11) is 0. The molecular weight excluding hydrogens is 280 g/mol. The second-order valence-corrected chi connectivity index (χ2v) is 4.94. The molecule has 0 spiro atoms. The third kappa shape index (κ3) is 2.71. The number of hydrogen-bond donors (Lipinski definition) is 2. The molecule has 22 heavy (non-hydrogen) atoms. The second kappa shape index (κ2) is 5.77. The molecule has 3 aromatic rings. The van der Waals surface area contributed by atoms with E-state index in [0.29, 0.717) is 22.3 Å². The topological polar surface area (TPSA) is 87.7 Å². The fraction of sp³-hybridized carbons (Fsp3) is 0.125. The maximum absolute atomic E-state index is 12.2. The van der Waals surface area contributed by atoms with E-state index >= 15 is 0 Å². The minimum absolute atomic E-state index is 0.0628. The molecule has 6 heteroatoms. The fourth-order valence-electron chi connectivity index (χ4n) is 2.25. The maximum Gasteiger partial charge on any atom is 0.272 e. The Morgan fingerprint density at radius 2 is 1.95 bits per heavy atom. The van der Waals surface area contributed by atoms with E-state index in [1.165, 1.54) is 0 Å². The summed E-state index contributed by atoms with van der Waals surface area (Å²) in [4.78, 5) is 28.0. The molecule has 1 aromatic carbocycles. The zero-order valence-corrected chi connectivity index (χ0v) is 12.0. The lowest BCUT2D eigenvalue weighted by Crippen LogP contribution is -2.19. The zero-order chi connectivity index (χ0) is 15.5. The van der Waals surface area contributed by atoms with Crippen LogP contribution in [0.15, 0.2) is 47.4 Å². The number of nitrogens with zero attached hydrogens (tertiary/aromatic N) is 2. The van der Waals surface area contributed by atoms with Gasteiger partial charge in [-0.05, 0) is 24.6 Å². The van der Waals surface area contributed by atoms with Crippen LogP contribution >= 0.6 is 0 Å². The number of hydrogen-bond acceptors (Lipinski definition) is 4. The van der Waals surface area contributed by atoms with Gasteiger partial charge in [0, 0.05) is 11.6 Å². The van der Waals surface area contributed by atoms with E-state index < -0.39 is 0 Å². The lowest BCUT2D eigenvalue weighted by atomic mass is 10.1. The molecule has 0 saturated heterocycles. The van der Waals surface area contributed by atoms with Gasteiger partial charge in [0.2, 0.25) is 5.91 Å². The first-order valence-corrected chi connectivity index (χ1v) is 6.83. The Kier molecular flexibility index (Phi) is 3.65. The molecule has 0 saturated carbocycles. The van der Waals surface area contributed by atoms with Gasteiger partial charge in [0.05, 0.1) is 17.5 Å². The molecule has 2 heterocycles. The van der Waals surface area contributed by atoms with Gasteiger partial charge in [0.25, 0.3) is 5.56 Å². The second-order valence-electron chi connectivity index (χ2n) is 4.94. The van der Waals surface area contributed by atoms with Crippen LogP contribution in [0.3, 0.4) is 0 Å². The predicted octanol–water partition coefficient (Wildman–Crippen LogP) is 1.81. The van der Waals surface area contributed by atoms with E-state index in [1.54, 1.807) is 24.4 Å². The Labute approximate surface area is 126 Å². The van der Waals surface area contributed by atoms with E-state index in [2.05, 4.69) is 20.5 Å². The van der Waals surface area contributed by atoms with Crippen molar-refractivity contribution in [1.29, 1.82) is 0 Å². The van der Waals surface area contributed by atoms with E-state index in [9.17, 15) is 9.59 Å². The Balaban J connectivity index is 1.88. The van der Waals surface area contributed by atoms with Crippen LogP contribution in [0.25, 0.3) is 10.8 Å². The number of aromatic nitrogens is 3. The van der Waals surface area contributed by atoms with Crippen molar-refractivity contribution in [3.8, 4) is 0 Å². The van der Waals surface area contributed by atoms with Gasteiger partial charge in [-0.25, -0.2) is 10.1 Å². The molecule has 3 rings (SSSR count). The average Bonchev–Trinajstić information content (AvgIpc) is 2.53. The van der Waals surface area contributed by atoms with Crippen LogP contribution in [0.2, 0.25) is 0 Å². The van der Waals surface area contributed by atoms with Gasteiger partial charge in [-0.1, -0.05) is 24.3 Å². The minimum atomic E-state index is -0.264. The SMILES string of the molecule is Cc1cccnc1NC(=O)Cc1n[nH]c(=O)c2ccccc12. The van der Waals surface area contributed by atoms with Crippen molar-refractivity contribution in [1.82, 2.24) is 15.2 Å². The summed E-state index contributed by atoms with van der Waals surface area (Å²) in [5, 5.41) is 10.4. The fourth-order valence-corrected chi connectivity index (χ4v) is 2.25. The predicted molar refractivity (Wildman–Crippen MR) is 83.7 cm³/mol. The Bertz CT molecular complexity index is 902. The monoisotopic (exact) mass is 294 g/mol. The largest absolute Gasteiger partial charge is 0.310 e. The van der Waals surface area contributed by atoms with E-state index in [4.69, 9.17) is 0 Å². The molecule has 0 bridgehead atoms. The van der Waals surface area contributed by atoms with Crippen molar-refractivity contribution in [3.63, 3.8) is 0 Å². The van der Waals surface area contributed by atoms with Crippen molar-refractivity contribution in [2.45, 2.75) is 13.3 Å². The number of aromatic amines is 1. The smallest absolute Gasteiger partial charge is 0.272 e. The van der Waals surface area contributed by atoms with Gasteiger partial charge >= 0.3 is 0 Å². The first kappa shape index (κ1) is 13.9. The summed E-state index contributed by atoms with van der Waals surface area (Å²) in [6, 6.07) is 10.8. The number of benzene rings is 1. The summed E-state index contributed by atoms with van der Waals surface area (Å²) >= 11 is 0. The quantitative estimate of drug-likeness (QED) is 0.771. The number of nitrogens with one attached hydrogen (secondary N) is 2. The highest BCUT2D eigenvalue weighted by Gasteiger charge is 2.11. The molecule has 0 aliphatic carbocycles. The first-order valence-electron chi connectivity index (χ1n) is 6.83. The molecule has 1 amide bonds. The van der Waals surface area contributed by atoms with Gasteiger partial charge < -0.3 is 5.32 Å². The summed E-state index contributed by atoms with van der Waals surface area (Å²) in [5.74, 6) is 0.299. The summed E-state index contributed by atoms with van der Waals surface area (Å²) in [6.07, 6.45) is 1.68. The van der Waals surface area contributed by atoms with Crippen molar-refractivity contribution >= 4 is 22.5 Å². The Morgan fingerprint density at radius 3 is 2.73 bits per heavy atom. The normalized spacial score (nSPS) is 10.6. The van der Waals surface area contributed by atoms with Crippen molar-refractivity contribution in [2.24, 2.45) is 0 Å². The third-order valence-corrected chi connectivity index (χ3v) is 3.37. The Morgan fingerprint density at radius 1 is 1.18 bits per heavy atom. The molecular formula is C16H14N4O2. The van der Waals surface area contributed by atoms with Gasteiger partial charge in [-0.2, -0.15) is 5.10 Å². The molecule has 0 unspecified atom stereocenters. The number of pyridine rings is 1. The van der Waals surface area contributed by atoms with E-state index in [-0.39, 0.29) is 17.9 Å². The highest BCUT2D eigenvalue weighted by atomic mass is 16.1. The number of anilines is 1. The molecule has 6 nitrogen and oxygen atoms in total. The number of fused-ring (bicyclic) bond motifs is 1. The van der Waals surface area contributed by atoms with Crippen LogP contribution in [0.4, 0.5) is 5.82 Å². The van der Waals surface area contributed by atoms with Crippen molar-refractivity contribution in [3.05, 3.63) is 64.2 Å².